The smallest absolute Gasteiger partial charge is 0.161 e. The molecule has 0 unspecified atom stereocenters. The molecule has 0 amide bonds. The summed E-state index contributed by atoms with van der Waals surface area (Å²) in [4.78, 5) is 0.353. The molecule has 14 heavy (non-hydrogen) atoms. The van der Waals surface area contributed by atoms with Crippen molar-refractivity contribution >= 4 is 17.2 Å². The van der Waals surface area contributed by atoms with Gasteiger partial charge in [-0.1, -0.05) is 12.2 Å². The Balaban J connectivity index is 3.04. The number of rotatable bonds is 4. The zero-order valence-electron chi connectivity index (χ0n) is 8.24. The molecular formula is C10H13NO2S. The summed E-state index contributed by atoms with van der Waals surface area (Å²) in [7, 11) is 1.58. The van der Waals surface area contributed by atoms with Crippen molar-refractivity contribution in [2.75, 3.05) is 13.7 Å². The molecule has 0 saturated heterocycles. The van der Waals surface area contributed by atoms with Crippen molar-refractivity contribution in [2.24, 2.45) is 5.73 Å². The van der Waals surface area contributed by atoms with Crippen LogP contribution >= 0.6 is 12.2 Å². The van der Waals surface area contributed by atoms with Crippen molar-refractivity contribution < 1.29 is 9.47 Å². The van der Waals surface area contributed by atoms with Crippen molar-refractivity contribution in [3.05, 3.63) is 23.8 Å². The van der Waals surface area contributed by atoms with Crippen LogP contribution in [0.25, 0.3) is 0 Å². The molecule has 0 atom stereocenters. The molecule has 0 heterocycles. The van der Waals surface area contributed by atoms with E-state index in [1.807, 2.05) is 13.0 Å². The molecule has 0 aromatic heterocycles. The van der Waals surface area contributed by atoms with Crippen LogP contribution in [0.15, 0.2) is 18.2 Å². The van der Waals surface area contributed by atoms with E-state index in [0.717, 1.165) is 5.56 Å². The fraction of sp³-hybridized carbons (Fsp3) is 0.300. The van der Waals surface area contributed by atoms with Gasteiger partial charge >= 0.3 is 0 Å². The Morgan fingerprint density at radius 1 is 1.43 bits per heavy atom. The molecule has 3 nitrogen and oxygen atoms in total. The summed E-state index contributed by atoms with van der Waals surface area (Å²) in [6.45, 7) is 2.52. The van der Waals surface area contributed by atoms with E-state index in [4.69, 9.17) is 27.4 Å². The largest absolute Gasteiger partial charge is 0.493 e. The molecular weight excluding hydrogens is 198 g/mol. The van der Waals surface area contributed by atoms with Crippen molar-refractivity contribution in [1.29, 1.82) is 0 Å². The van der Waals surface area contributed by atoms with Gasteiger partial charge in [0.25, 0.3) is 0 Å². The Morgan fingerprint density at radius 2 is 2.14 bits per heavy atom. The van der Waals surface area contributed by atoms with E-state index in [2.05, 4.69) is 0 Å². The predicted octanol–water partition coefficient (Wildman–Crippen LogP) is 1.73. The van der Waals surface area contributed by atoms with Gasteiger partial charge < -0.3 is 15.2 Å². The van der Waals surface area contributed by atoms with Crippen LogP contribution in [0.3, 0.4) is 0 Å². The first-order valence-electron chi connectivity index (χ1n) is 4.29. The standard InChI is InChI=1S/C10H13NO2S/c1-3-13-8-5-4-7(10(11)14)6-9(8)12-2/h4-6H,3H2,1-2H3,(H2,11,14). The van der Waals surface area contributed by atoms with E-state index in [0.29, 0.717) is 23.1 Å². The minimum absolute atomic E-state index is 0.353. The third-order valence-corrected chi connectivity index (χ3v) is 1.98. The lowest BCUT2D eigenvalue weighted by Gasteiger charge is -2.10. The quantitative estimate of drug-likeness (QED) is 0.770. The number of ether oxygens (including phenoxy) is 2. The van der Waals surface area contributed by atoms with Crippen molar-refractivity contribution in [3.63, 3.8) is 0 Å². The van der Waals surface area contributed by atoms with E-state index >= 15 is 0 Å². The van der Waals surface area contributed by atoms with E-state index in [-0.39, 0.29) is 0 Å². The maximum Gasteiger partial charge on any atom is 0.161 e. The minimum atomic E-state index is 0.353. The Labute approximate surface area is 88.8 Å². The van der Waals surface area contributed by atoms with Gasteiger partial charge in [-0.15, -0.1) is 0 Å². The summed E-state index contributed by atoms with van der Waals surface area (Å²) in [5.41, 5.74) is 6.27. The Kier molecular flexibility index (Phi) is 3.71. The van der Waals surface area contributed by atoms with E-state index in [9.17, 15) is 0 Å². The van der Waals surface area contributed by atoms with Gasteiger partial charge in [-0.2, -0.15) is 0 Å². The topological polar surface area (TPSA) is 44.5 Å². The summed E-state index contributed by atoms with van der Waals surface area (Å²) in [6.07, 6.45) is 0. The second kappa shape index (κ2) is 4.81. The van der Waals surface area contributed by atoms with Gasteiger partial charge in [-0.25, -0.2) is 0 Å². The maximum absolute atomic E-state index is 5.50. The first kappa shape index (κ1) is 10.8. The molecule has 1 rings (SSSR count). The third kappa shape index (κ3) is 2.35. The lowest BCUT2D eigenvalue weighted by molar-refractivity contribution is 0.311. The normalized spacial score (nSPS) is 9.57. The monoisotopic (exact) mass is 211 g/mol. The molecule has 0 aliphatic heterocycles. The van der Waals surface area contributed by atoms with Crippen LogP contribution < -0.4 is 15.2 Å². The van der Waals surface area contributed by atoms with Crippen molar-refractivity contribution in [1.82, 2.24) is 0 Å². The summed E-state index contributed by atoms with van der Waals surface area (Å²) >= 11 is 4.86. The van der Waals surface area contributed by atoms with Gasteiger partial charge in [0.2, 0.25) is 0 Å². The Bertz CT molecular complexity index is 339. The molecule has 0 aliphatic carbocycles. The fourth-order valence-electron chi connectivity index (χ4n) is 1.10. The van der Waals surface area contributed by atoms with Crippen LogP contribution in [-0.2, 0) is 0 Å². The zero-order valence-corrected chi connectivity index (χ0v) is 9.06. The van der Waals surface area contributed by atoms with Crippen molar-refractivity contribution in [2.45, 2.75) is 6.92 Å². The Morgan fingerprint density at radius 3 is 2.64 bits per heavy atom. The highest BCUT2D eigenvalue weighted by Gasteiger charge is 2.05. The van der Waals surface area contributed by atoms with Crippen LogP contribution in [0, 0.1) is 0 Å². The highest BCUT2D eigenvalue weighted by atomic mass is 32.1. The second-order valence-corrected chi connectivity index (χ2v) is 3.10. The van der Waals surface area contributed by atoms with Gasteiger partial charge in [-0.3, -0.25) is 0 Å². The molecule has 2 N–H and O–H groups in total. The minimum Gasteiger partial charge on any atom is -0.493 e. The molecule has 0 aliphatic rings. The number of hydrogen-bond donors (Lipinski definition) is 1. The van der Waals surface area contributed by atoms with E-state index < -0.39 is 0 Å². The molecule has 1 aromatic carbocycles. The molecule has 0 spiro atoms. The molecule has 0 saturated carbocycles. The first-order chi connectivity index (χ1) is 6.69. The molecule has 0 bridgehead atoms. The van der Waals surface area contributed by atoms with Crippen LogP contribution in [0.1, 0.15) is 12.5 Å². The molecule has 1 aromatic rings. The molecule has 4 heteroatoms. The SMILES string of the molecule is CCOc1ccc(C(N)=S)cc1OC. The molecule has 0 fully saturated rings. The highest BCUT2D eigenvalue weighted by molar-refractivity contribution is 7.80. The van der Waals surface area contributed by atoms with Crippen LogP contribution in [0.5, 0.6) is 11.5 Å². The number of hydrogen-bond acceptors (Lipinski definition) is 3. The number of benzene rings is 1. The first-order valence-corrected chi connectivity index (χ1v) is 4.70. The fourth-order valence-corrected chi connectivity index (χ4v) is 1.22. The van der Waals surface area contributed by atoms with Gasteiger partial charge in [-0.05, 0) is 25.1 Å². The summed E-state index contributed by atoms with van der Waals surface area (Å²) in [5.74, 6) is 1.35. The molecule has 0 radical (unpaired) electrons. The average molecular weight is 211 g/mol. The second-order valence-electron chi connectivity index (χ2n) is 2.66. The van der Waals surface area contributed by atoms with E-state index in [1.165, 1.54) is 0 Å². The Hall–Kier alpha value is -1.29. The number of methoxy groups -OCH3 is 1. The summed E-state index contributed by atoms with van der Waals surface area (Å²) in [5, 5.41) is 0. The summed E-state index contributed by atoms with van der Waals surface area (Å²) < 4.78 is 10.5. The molecule has 76 valence electrons. The van der Waals surface area contributed by atoms with Crippen LogP contribution in [0.4, 0.5) is 0 Å². The van der Waals surface area contributed by atoms with E-state index in [1.54, 1.807) is 19.2 Å². The lowest BCUT2D eigenvalue weighted by Crippen LogP contribution is -2.09. The predicted molar refractivity (Wildman–Crippen MR) is 60.1 cm³/mol. The zero-order chi connectivity index (χ0) is 10.6. The summed E-state index contributed by atoms with van der Waals surface area (Å²) in [6, 6.07) is 5.39. The number of nitrogens with two attached hydrogens (primary N) is 1. The van der Waals surface area contributed by atoms with Crippen LogP contribution in [0.2, 0.25) is 0 Å². The number of thiocarbonyl (C=S) groups is 1. The van der Waals surface area contributed by atoms with Gasteiger partial charge in [0.1, 0.15) is 4.99 Å². The van der Waals surface area contributed by atoms with Crippen LogP contribution in [-0.4, -0.2) is 18.7 Å². The van der Waals surface area contributed by atoms with Gasteiger partial charge in [0.15, 0.2) is 11.5 Å². The van der Waals surface area contributed by atoms with Crippen molar-refractivity contribution in [3.8, 4) is 11.5 Å². The third-order valence-electron chi connectivity index (χ3n) is 1.75. The maximum atomic E-state index is 5.50. The highest BCUT2D eigenvalue weighted by Crippen LogP contribution is 2.27. The van der Waals surface area contributed by atoms with Gasteiger partial charge in [0, 0.05) is 5.56 Å². The average Bonchev–Trinajstić information content (AvgIpc) is 2.18. The van der Waals surface area contributed by atoms with Gasteiger partial charge in [0.05, 0.1) is 13.7 Å². The lowest BCUT2D eigenvalue weighted by atomic mass is 10.2.